The molecule has 0 aliphatic carbocycles. The van der Waals surface area contributed by atoms with Crippen LogP contribution in [0.4, 0.5) is 5.69 Å². The van der Waals surface area contributed by atoms with E-state index < -0.39 is 10.0 Å². The summed E-state index contributed by atoms with van der Waals surface area (Å²) >= 11 is 3.31. The van der Waals surface area contributed by atoms with Gasteiger partial charge in [-0.15, -0.1) is 0 Å². The number of sulfonamides is 1. The molecule has 0 unspecified atom stereocenters. The molecule has 0 fully saturated rings. The van der Waals surface area contributed by atoms with Gasteiger partial charge in [-0.25, -0.2) is 18.5 Å². The van der Waals surface area contributed by atoms with Crippen molar-refractivity contribution < 1.29 is 8.42 Å². The maximum atomic E-state index is 11.2. The lowest BCUT2D eigenvalue weighted by Crippen LogP contribution is -2.12. The number of benzene rings is 1. The van der Waals surface area contributed by atoms with Crippen LogP contribution in [0.25, 0.3) is 0 Å². The van der Waals surface area contributed by atoms with Crippen LogP contribution in [0.15, 0.2) is 40.0 Å². The van der Waals surface area contributed by atoms with Gasteiger partial charge in [0.25, 0.3) is 0 Å². The van der Waals surface area contributed by atoms with Crippen LogP contribution < -0.4 is 10.5 Å². The molecule has 2 rings (SSSR count). The molecule has 1 heterocycles. The van der Waals surface area contributed by atoms with Crippen LogP contribution in [-0.4, -0.2) is 18.0 Å². The van der Waals surface area contributed by atoms with Crippen molar-refractivity contribution in [2.45, 2.75) is 11.4 Å². The van der Waals surface area contributed by atoms with Crippen molar-refractivity contribution in [3.05, 3.63) is 40.9 Å². The topological polar surface area (TPSA) is 90.0 Å². The summed E-state index contributed by atoms with van der Waals surface area (Å²) in [7, 11) is -1.78. The van der Waals surface area contributed by atoms with Crippen molar-refractivity contribution in [2.75, 3.05) is 5.32 Å². The molecular weight excluding hydrogens is 332 g/mol. The van der Waals surface area contributed by atoms with Gasteiger partial charge in [0.1, 0.15) is 5.82 Å². The summed E-state index contributed by atoms with van der Waals surface area (Å²) in [5.41, 5.74) is 0.774. The Kier molecular flexibility index (Phi) is 3.93. The maximum Gasteiger partial charge on any atom is 0.238 e. The first-order valence-electron chi connectivity index (χ1n) is 5.40. The van der Waals surface area contributed by atoms with Crippen LogP contribution in [0.1, 0.15) is 5.82 Å². The van der Waals surface area contributed by atoms with Gasteiger partial charge in [-0.1, -0.05) is 0 Å². The summed E-state index contributed by atoms with van der Waals surface area (Å²) in [5.74, 6) is 0.877. The van der Waals surface area contributed by atoms with Crippen LogP contribution in [0, 0.1) is 0 Å². The lowest BCUT2D eigenvalue weighted by molar-refractivity contribution is 0.598. The molecule has 0 aliphatic heterocycles. The van der Waals surface area contributed by atoms with Crippen molar-refractivity contribution in [1.29, 1.82) is 0 Å². The van der Waals surface area contributed by atoms with Crippen LogP contribution in [-0.2, 0) is 23.6 Å². The van der Waals surface area contributed by atoms with E-state index in [-0.39, 0.29) is 4.90 Å². The normalized spacial score (nSPS) is 11.5. The minimum atomic E-state index is -3.68. The highest BCUT2D eigenvalue weighted by molar-refractivity contribution is 9.10. The van der Waals surface area contributed by atoms with Gasteiger partial charge in [0.05, 0.1) is 11.4 Å². The number of halogens is 1. The standard InChI is InChI=1S/C11H13BrN4O2S/c1-16-5-4-14-11(16)7-15-10-3-2-8(6-9(10)12)19(13,17)18/h2-6,15H,7H2,1H3,(H2,13,17,18). The van der Waals surface area contributed by atoms with Crippen molar-refractivity contribution in [1.82, 2.24) is 9.55 Å². The zero-order valence-electron chi connectivity index (χ0n) is 10.2. The highest BCUT2D eigenvalue weighted by Crippen LogP contribution is 2.25. The Balaban J connectivity index is 2.16. The van der Waals surface area contributed by atoms with Crippen LogP contribution in [0.2, 0.25) is 0 Å². The molecule has 1 aromatic heterocycles. The Bertz CT molecular complexity index is 696. The van der Waals surface area contributed by atoms with Crippen molar-refractivity contribution in [3.8, 4) is 0 Å². The molecule has 0 radical (unpaired) electrons. The lowest BCUT2D eigenvalue weighted by atomic mass is 10.3. The number of nitrogens with one attached hydrogen (secondary N) is 1. The molecule has 0 amide bonds. The summed E-state index contributed by atoms with van der Waals surface area (Å²) in [6.45, 7) is 0.539. The average molecular weight is 345 g/mol. The molecule has 8 heteroatoms. The second-order valence-corrected chi connectivity index (χ2v) is 6.41. The number of hydrogen-bond donors (Lipinski definition) is 2. The second-order valence-electron chi connectivity index (χ2n) is 3.99. The molecule has 0 saturated carbocycles. The number of hydrogen-bond acceptors (Lipinski definition) is 4. The third-order valence-corrected chi connectivity index (χ3v) is 4.19. The SMILES string of the molecule is Cn1ccnc1CNc1ccc(S(N)(=O)=O)cc1Br. The van der Waals surface area contributed by atoms with Crippen LogP contribution >= 0.6 is 15.9 Å². The van der Waals surface area contributed by atoms with E-state index in [0.29, 0.717) is 11.0 Å². The number of anilines is 1. The Hall–Kier alpha value is -1.38. The number of aromatic nitrogens is 2. The molecule has 6 nitrogen and oxygen atoms in total. The molecule has 2 aromatic rings. The molecule has 0 aliphatic rings. The van der Waals surface area contributed by atoms with Crippen molar-refractivity contribution in [2.24, 2.45) is 12.2 Å². The summed E-state index contributed by atoms with van der Waals surface area (Å²) in [4.78, 5) is 4.26. The van der Waals surface area contributed by atoms with E-state index in [2.05, 4.69) is 26.2 Å². The van der Waals surface area contributed by atoms with E-state index in [9.17, 15) is 8.42 Å². The highest BCUT2D eigenvalue weighted by Gasteiger charge is 2.10. The third kappa shape index (κ3) is 3.34. The van der Waals surface area contributed by atoms with E-state index >= 15 is 0 Å². The number of imidazole rings is 1. The van der Waals surface area contributed by atoms with Gasteiger partial charge < -0.3 is 9.88 Å². The van der Waals surface area contributed by atoms with Gasteiger partial charge >= 0.3 is 0 Å². The zero-order chi connectivity index (χ0) is 14.0. The zero-order valence-corrected chi connectivity index (χ0v) is 12.6. The fraction of sp³-hybridized carbons (Fsp3) is 0.182. The Labute approximate surface area is 119 Å². The van der Waals surface area contributed by atoms with Gasteiger partial charge in [-0.2, -0.15) is 0 Å². The first-order valence-corrected chi connectivity index (χ1v) is 7.74. The largest absolute Gasteiger partial charge is 0.377 e. The molecule has 0 spiro atoms. The number of rotatable bonds is 4. The quantitative estimate of drug-likeness (QED) is 0.877. The number of aryl methyl sites for hydroxylation is 1. The van der Waals surface area contributed by atoms with Gasteiger partial charge in [-0.05, 0) is 34.1 Å². The van der Waals surface area contributed by atoms with E-state index in [1.165, 1.54) is 12.1 Å². The van der Waals surface area contributed by atoms with Gasteiger partial charge in [0.2, 0.25) is 10.0 Å². The first kappa shape index (κ1) is 14.0. The molecule has 0 saturated heterocycles. The molecule has 3 N–H and O–H groups in total. The van der Waals surface area contributed by atoms with Gasteiger partial charge in [0, 0.05) is 29.6 Å². The predicted molar refractivity (Wildman–Crippen MR) is 76.0 cm³/mol. The average Bonchev–Trinajstić information content (AvgIpc) is 2.72. The van der Waals surface area contributed by atoms with E-state index in [1.807, 2.05) is 17.8 Å². The summed E-state index contributed by atoms with van der Waals surface area (Å²) in [6.07, 6.45) is 3.58. The fourth-order valence-corrected chi connectivity index (χ4v) is 2.77. The van der Waals surface area contributed by atoms with Crippen LogP contribution in [0.5, 0.6) is 0 Å². The van der Waals surface area contributed by atoms with Gasteiger partial charge in [0.15, 0.2) is 0 Å². The number of primary sulfonamides is 1. The summed E-state index contributed by atoms with van der Waals surface area (Å²) in [5, 5.41) is 8.23. The van der Waals surface area contributed by atoms with Gasteiger partial charge in [-0.3, -0.25) is 0 Å². The first-order chi connectivity index (χ1) is 8.88. The monoisotopic (exact) mass is 344 g/mol. The predicted octanol–water partition coefficient (Wildman–Crippen LogP) is 1.44. The van der Waals surface area contributed by atoms with E-state index in [4.69, 9.17) is 5.14 Å². The summed E-state index contributed by atoms with van der Waals surface area (Å²) in [6, 6.07) is 4.59. The molecule has 102 valence electrons. The smallest absolute Gasteiger partial charge is 0.238 e. The Morgan fingerprint density at radius 3 is 2.74 bits per heavy atom. The Morgan fingerprint density at radius 1 is 1.47 bits per heavy atom. The molecular formula is C11H13BrN4O2S. The van der Waals surface area contributed by atoms with E-state index in [1.54, 1.807) is 12.3 Å². The number of nitrogens with two attached hydrogens (primary N) is 1. The molecule has 19 heavy (non-hydrogen) atoms. The maximum absolute atomic E-state index is 11.2. The second kappa shape index (κ2) is 5.32. The Morgan fingerprint density at radius 2 is 2.21 bits per heavy atom. The van der Waals surface area contributed by atoms with Crippen molar-refractivity contribution >= 4 is 31.6 Å². The van der Waals surface area contributed by atoms with Crippen molar-refractivity contribution in [3.63, 3.8) is 0 Å². The molecule has 0 bridgehead atoms. The third-order valence-electron chi connectivity index (χ3n) is 2.63. The lowest BCUT2D eigenvalue weighted by Gasteiger charge is -2.09. The van der Waals surface area contributed by atoms with Crippen LogP contribution in [0.3, 0.4) is 0 Å². The molecule has 1 aromatic carbocycles. The summed E-state index contributed by atoms with van der Waals surface area (Å²) < 4.78 is 25.0. The molecule has 0 atom stereocenters. The highest BCUT2D eigenvalue weighted by atomic mass is 79.9. The minimum absolute atomic E-state index is 0.0712. The fourth-order valence-electron chi connectivity index (χ4n) is 1.56. The number of nitrogens with zero attached hydrogens (tertiary/aromatic N) is 2. The van der Waals surface area contributed by atoms with E-state index in [0.717, 1.165) is 11.5 Å². The minimum Gasteiger partial charge on any atom is -0.377 e.